The Morgan fingerprint density at radius 2 is 2.09 bits per heavy atom. The van der Waals surface area contributed by atoms with Gasteiger partial charge in [0.25, 0.3) is 0 Å². The van der Waals surface area contributed by atoms with Gasteiger partial charge in [0.05, 0.1) is 0 Å². The van der Waals surface area contributed by atoms with Gasteiger partial charge in [-0.15, -0.1) is 0 Å². The van der Waals surface area contributed by atoms with Gasteiger partial charge in [0, 0.05) is 6.42 Å². The summed E-state index contributed by atoms with van der Waals surface area (Å²) >= 11 is 0. The van der Waals surface area contributed by atoms with Gasteiger partial charge in [-0.3, -0.25) is 4.79 Å². The standard InChI is InChI=1S/C9H16O2/c1-3-5-6-8-11-9(10)7-4-2/h5-6H,3-4,7-8H2,1-2H3. The van der Waals surface area contributed by atoms with Crippen LogP contribution < -0.4 is 0 Å². The molecule has 0 amide bonds. The summed E-state index contributed by atoms with van der Waals surface area (Å²) in [5, 5.41) is 0. The maximum absolute atomic E-state index is 10.8. The van der Waals surface area contributed by atoms with Crippen molar-refractivity contribution in [3.05, 3.63) is 12.2 Å². The summed E-state index contributed by atoms with van der Waals surface area (Å²) in [4.78, 5) is 10.8. The van der Waals surface area contributed by atoms with E-state index in [9.17, 15) is 4.79 Å². The van der Waals surface area contributed by atoms with E-state index in [0.717, 1.165) is 12.8 Å². The van der Waals surface area contributed by atoms with Crippen molar-refractivity contribution in [2.24, 2.45) is 0 Å². The largest absolute Gasteiger partial charge is 0.461 e. The predicted octanol–water partition coefficient (Wildman–Crippen LogP) is 2.30. The van der Waals surface area contributed by atoms with Crippen LogP contribution in [0, 0.1) is 0 Å². The van der Waals surface area contributed by atoms with Gasteiger partial charge >= 0.3 is 5.97 Å². The molecule has 0 aromatic heterocycles. The molecule has 0 N–H and O–H groups in total. The first-order valence-electron chi connectivity index (χ1n) is 4.11. The van der Waals surface area contributed by atoms with Crippen molar-refractivity contribution in [2.45, 2.75) is 33.1 Å². The third kappa shape index (κ3) is 7.10. The first-order valence-corrected chi connectivity index (χ1v) is 4.11. The van der Waals surface area contributed by atoms with Crippen LogP contribution in [-0.4, -0.2) is 12.6 Å². The van der Waals surface area contributed by atoms with Crippen LogP contribution in [0.4, 0.5) is 0 Å². The molecule has 0 aliphatic heterocycles. The van der Waals surface area contributed by atoms with Crippen LogP contribution in [-0.2, 0) is 9.53 Å². The number of hydrogen-bond donors (Lipinski definition) is 0. The van der Waals surface area contributed by atoms with Crippen molar-refractivity contribution in [1.29, 1.82) is 0 Å². The summed E-state index contributed by atoms with van der Waals surface area (Å²) < 4.78 is 4.86. The van der Waals surface area contributed by atoms with E-state index in [-0.39, 0.29) is 5.97 Å². The van der Waals surface area contributed by atoms with Crippen molar-refractivity contribution < 1.29 is 9.53 Å². The number of esters is 1. The molecule has 2 nitrogen and oxygen atoms in total. The summed E-state index contributed by atoms with van der Waals surface area (Å²) in [5.41, 5.74) is 0. The van der Waals surface area contributed by atoms with Gasteiger partial charge in [-0.25, -0.2) is 0 Å². The van der Waals surface area contributed by atoms with Gasteiger partial charge in [0.15, 0.2) is 0 Å². The van der Waals surface area contributed by atoms with Crippen molar-refractivity contribution in [3.63, 3.8) is 0 Å². The molecule has 2 heteroatoms. The SMILES string of the molecule is CCC=CCOC(=O)CCC. The van der Waals surface area contributed by atoms with Crippen LogP contribution in [0.5, 0.6) is 0 Å². The molecule has 0 aromatic rings. The average Bonchev–Trinajstić information content (AvgIpc) is 1.99. The highest BCUT2D eigenvalue weighted by Crippen LogP contribution is 1.91. The molecule has 0 heterocycles. The number of hydrogen-bond acceptors (Lipinski definition) is 2. The van der Waals surface area contributed by atoms with E-state index in [1.54, 1.807) is 0 Å². The zero-order valence-electron chi connectivity index (χ0n) is 7.30. The Morgan fingerprint density at radius 3 is 2.64 bits per heavy atom. The Hall–Kier alpha value is -0.790. The van der Waals surface area contributed by atoms with Gasteiger partial charge in [0.2, 0.25) is 0 Å². The highest BCUT2D eigenvalue weighted by atomic mass is 16.5. The smallest absolute Gasteiger partial charge is 0.306 e. The molecule has 0 saturated carbocycles. The van der Waals surface area contributed by atoms with Gasteiger partial charge in [-0.05, 0) is 12.8 Å². The van der Waals surface area contributed by atoms with Gasteiger partial charge < -0.3 is 4.74 Å². The number of ether oxygens (including phenoxy) is 1. The molecule has 0 fully saturated rings. The van der Waals surface area contributed by atoms with Crippen LogP contribution in [0.1, 0.15) is 33.1 Å². The third-order valence-electron chi connectivity index (χ3n) is 1.20. The van der Waals surface area contributed by atoms with E-state index >= 15 is 0 Å². The van der Waals surface area contributed by atoms with E-state index in [1.807, 2.05) is 26.0 Å². The normalized spacial score (nSPS) is 10.4. The Bertz CT molecular complexity index is 128. The lowest BCUT2D eigenvalue weighted by Gasteiger charge is -1.98. The molecule has 64 valence electrons. The highest BCUT2D eigenvalue weighted by molar-refractivity contribution is 5.69. The quantitative estimate of drug-likeness (QED) is 0.451. The lowest BCUT2D eigenvalue weighted by molar-refractivity contribution is -0.142. The highest BCUT2D eigenvalue weighted by Gasteiger charge is 1.96. The molecule has 0 aliphatic rings. The summed E-state index contributed by atoms with van der Waals surface area (Å²) in [6.07, 6.45) is 6.23. The molecule has 0 spiro atoms. The zero-order chi connectivity index (χ0) is 8.53. The van der Waals surface area contributed by atoms with Crippen LogP contribution in [0.3, 0.4) is 0 Å². The first kappa shape index (κ1) is 10.2. The molecule has 0 atom stereocenters. The van der Waals surface area contributed by atoms with Crippen LogP contribution >= 0.6 is 0 Å². The van der Waals surface area contributed by atoms with Crippen molar-refractivity contribution in [1.82, 2.24) is 0 Å². The van der Waals surface area contributed by atoms with Crippen molar-refractivity contribution in [3.8, 4) is 0 Å². The monoisotopic (exact) mass is 156 g/mol. The summed E-state index contributed by atoms with van der Waals surface area (Å²) in [6.45, 7) is 4.43. The van der Waals surface area contributed by atoms with E-state index in [4.69, 9.17) is 4.74 Å². The Kier molecular flexibility index (Phi) is 6.79. The molecular formula is C9H16O2. The summed E-state index contributed by atoms with van der Waals surface area (Å²) in [7, 11) is 0. The Balaban J connectivity index is 3.24. The van der Waals surface area contributed by atoms with Crippen molar-refractivity contribution >= 4 is 5.97 Å². The molecule has 0 saturated heterocycles. The number of carbonyl (C=O) groups excluding carboxylic acids is 1. The molecule has 0 rings (SSSR count). The topological polar surface area (TPSA) is 26.3 Å². The second kappa shape index (κ2) is 7.32. The second-order valence-electron chi connectivity index (χ2n) is 2.31. The van der Waals surface area contributed by atoms with E-state index in [0.29, 0.717) is 13.0 Å². The van der Waals surface area contributed by atoms with E-state index < -0.39 is 0 Å². The molecule has 0 aliphatic carbocycles. The molecule has 11 heavy (non-hydrogen) atoms. The van der Waals surface area contributed by atoms with Gasteiger partial charge in [-0.2, -0.15) is 0 Å². The van der Waals surface area contributed by atoms with Gasteiger partial charge in [-0.1, -0.05) is 26.0 Å². The summed E-state index contributed by atoms with van der Waals surface area (Å²) in [5.74, 6) is -0.103. The van der Waals surface area contributed by atoms with Crippen LogP contribution in [0.2, 0.25) is 0 Å². The van der Waals surface area contributed by atoms with Crippen LogP contribution in [0.15, 0.2) is 12.2 Å². The Labute approximate surface area is 68.2 Å². The molecule has 0 bridgehead atoms. The predicted molar refractivity (Wildman–Crippen MR) is 45.3 cm³/mol. The average molecular weight is 156 g/mol. The first-order chi connectivity index (χ1) is 5.31. The fourth-order valence-corrected chi connectivity index (χ4v) is 0.652. The molecular weight excluding hydrogens is 140 g/mol. The molecule has 0 unspecified atom stereocenters. The van der Waals surface area contributed by atoms with Crippen LogP contribution in [0.25, 0.3) is 0 Å². The van der Waals surface area contributed by atoms with Crippen molar-refractivity contribution in [2.75, 3.05) is 6.61 Å². The minimum atomic E-state index is -0.103. The van der Waals surface area contributed by atoms with E-state index in [1.165, 1.54) is 0 Å². The maximum Gasteiger partial charge on any atom is 0.306 e. The van der Waals surface area contributed by atoms with E-state index in [2.05, 4.69) is 0 Å². The lowest BCUT2D eigenvalue weighted by atomic mass is 10.3. The second-order valence-corrected chi connectivity index (χ2v) is 2.31. The fraction of sp³-hybridized carbons (Fsp3) is 0.667. The number of carbonyl (C=O) groups is 1. The van der Waals surface area contributed by atoms with Gasteiger partial charge in [0.1, 0.15) is 6.61 Å². The Morgan fingerprint density at radius 1 is 1.36 bits per heavy atom. The minimum absolute atomic E-state index is 0.103. The lowest BCUT2D eigenvalue weighted by Crippen LogP contribution is -2.02. The number of rotatable bonds is 5. The zero-order valence-corrected chi connectivity index (χ0v) is 7.30. The number of allylic oxidation sites excluding steroid dienone is 1. The third-order valence-corrected chi connectivity index (χ3v) is 1.20. The molecule has 0 aromatic carbocycles. The minimum Gasteiger partial charge on any atom is -0.461 e. The fourth-order valence-electron chi connectivity index (χ4n) is 0.652. The summed E-state index contributed by atoms with van der Waals surface area (Å²) in [6, 6.07) is 0. The molecule has 0 radical (unpaired) electrons. The maximum atomic E-state index is 10.8.